The summed E-state index contributed by atoms with van der Waals surface area (Å²) in [6.07, 6.45) is 3.75. The van der Waals surface area contributed by atoms with E-state index in [0.717, 1.165) is 18.2 Å². The number of hydrogen-bond donors (Lipinski definition) is 0. The summed E-state index contributed by atoms with van der Waals surface area (Å²) < 4.78 is 5.48. The average Bonchev–Trinajstić information content (AvgIpc) is 2.25. The molecule has 2 rings (SSSR count). The maximum Gasteiger partial charge on any atom is 0.218 e. The smallest absolute Gasteiger partial charge is 0.218 e. The summed E-state index contributed by atoms with van der Waals surface area (Å²) in [7, 11) is 0. The average molecular weight is 270 g/mol. The second kappa shape index (κ2) is 6.23. The molecule has 1 saturated carbocycles. The molecule has 0 N–H and O–H groups in total. The first kappa shape index (κ1) is 13.4. The Bertz CT molecular complexity index is 396. The van der Waals surface area contributed by atoms with E-state index >= 15 is 0 Å². The molecule has 1 aromatic rings. The number of hydrogen-bond acceptors (Lipinski definition) is 4. The van der Waals surface area contributed by atoms with Gasteiger partial charge in [0, 0.05) is 24.5 Å². The summed E-state index contributed by atoms with van der Waals surface area (Å²) in [6.45, 7) is 5.30. The summed E-state index contributed by atoms with van der Waals surface area (Å²) in [5.41, 5.74) is 0. The highest BCUT2D eigenvalue weighted by Gasteiger charge is 2.26. The third-order valence-corrected chi connectivity index (χ3v) is 3.40. The van der Waals surface area contributed by atoms with Crippen molar-refractivity contribution in [2.75, 3.05) is 23.9 Å². The second-order valence-corrected chi connectivity index (χ2v) is 4.89. The van der Waals surface area contributed by atoms with Crippen LogP contribution in [0.3, 0.4) is 0 Å². The Morgan fingerprint density at radius 2 is 2.22 bits per heavy atom. The first-order valence-electron chi connectivity index (χ1n) is 6.55. The highest BCUT2D eigenvalue weighted by molar-refractivity contribution is 6.18. The van der Waals surface area contributed by atoms with E-state index in [-0.39, 0.29) is 0 Å². The Labute approximate surface area is 113 Å². The second-order valence-electron chi connectivity index (χ2n) is 4.51. The van der Waals surface area contributed by atoms with Gasteiger partial charge in [-0.15, -0.1) is 11.6 Å². The van der Waals surface area contributed by atoms with Crippen molar-refractivity contribution in [2.45, 2.75) is 39.2 Å². The number of halogens is 1. The lowest BCUT2D eigenvalue weighted by Gasteiger charge is -2.38. The van der Waals surface area contributed by atoms with E-state index in [2.05, 4.69) is 14.9 Å². The van der Waals surface area contributed by atoms with Gasteiger partial charge in [0.05, 0.1) is 6.61 Å². The van der Waals surface area contributed by atoms with Gasteiger partial charge in [-0.05, 0) is 33.1 Å². The van der Waals surface area contributed by atoms with Crippen LogP contribution in [0.1, 0.15) is 32.0 Å². The molecule has 1 heterocycles. The van der Waals surface area contributed by atoms with Crippen LogP contribution in [0.15, 0.2) is 6.07 Å². The Kier molecular flexibility index (Phi) is 4.64. The van der Waals surface area contributed by atoms with Crippen molar-refractivity contribution in [1.82, 2.24) is 9.97 Å². The zero-order chi connectivity index (χ0) is 13.0. The van der Waals surface area contributed by atoms with Gasteiger partial charge in [-0.1, -0.05) is 0 Å². The van der Waals surface area contributed by atoms with E-state index < -0.39 is 0 Å². The zero-order valence-electron chi connectivity index (χ0n) is 11.0. The van der Waals surface area contributed by atoms with Gasteiger partial charge in [0.15, 0.2) is 0 Å². The van der Waals surface area contributed by atoms with E-state index in [0.29, 0.717) is 24.4 Å². The minimum absolute atomic E-state index is 0.576. The Hall–Kier alpha value is -1.03. The van der Waals surface area contributed by atoms with Crippen LogP contribution in [0, 0.1) is 6.92 Å². The summed E-state index contributed by atoms with van der Waals surface area (Å²) in [6, 6.07) is 2.49. The van der Waals surface area contributed by atoms with Crippen molar-refractivity contribution in [3.8, 4) is 5.88 Å². The summed E-state index contributed by atoms with van der Waals surface area (Å²) in [5, 5.41) is 0. The van der Waals surface area contributed by atoms with Gasteiger partial charge >= 0.3 is 0 Å². The molecule has 1 aliphatic carbocycles. The van der Waals surface area contributed by atoms with Gasteiger partial charge in [-0.25, -0.2) is 4.98 Å². The predicted molar refractivity (Wildman–Crippen MR) is 73.6 cm³/mol. The van der Waals surface area contributed by atoms with Crippen LogP contribution in [0.5, 0.6) is 5.88 Å². The molecule has 0 saturated heterocycles. The maximum absolute atomic E-state index is 5.90. The number of aryl methyl sites for hydroxylation is 1. The summed E-state index contributed by atoms with van der Waals surface area (Å²) in [5.74, 6) is 2.95. The summed E-state index contributed by atoms with van der Waals surface area (Å²) in [4.78, 5) is 11.1. The first-order valence-corrected chi connectivity index (χ1v) is 7.09. The van der Waals surface area contributed by atoms with Gasteiger partial charge in [0.25, 0.3) is 0 Å². The number of ether oxygens (including phenoxy) is 1. The van der Waals surface area contributed by atoms with E-state index in [1.807, 2.05) is 19.9 Å². The molecule has 0 aromatic carbocycles. The molecule has 0 aliphatic heterocycles. The highest BCUT2D eigenvalue weighted by Crippen LogP contribution is 2.29. The third kappa shape index (κ3) is 3.05. The van der Waals surface area contributed by atoms with Crippen LogP contribution in [0.2, 0.25) is 0 Å². The van der Waals surface area contributed by atoms with Crippen molar-refractivity contribution in [3.63, 3.8) is 0 Å². The molecule has 100 valence electrons. The lowest BCUT2D eigenvalue weighted by atomic mass is 9.91. The van der Waals surface area contributed by atoms with E-state index in [1.54, 1.807) is 0 Å². The predicted octanol–water partition coefficient (Wildman–Crippen LogP) is 2.78. The van der Waals surface area contributed by atoms with Crippen LogP contribution in [-0.4, -0.2) is 35.0 Å². The molecule has 5 heteroatoms. The fourth-order valence-electron chi connectivity index (χ4n) is 2.17. The monoisotopic (exact) mass is 269 g/mol. The minimum atomic E-state index is 0.576. The van der Waals surface area contributed by atoms with Crippen LogP contribution in [0.25, 0.3) is 0 Å². The van der Waals surface area contributed by atoms with Gasteiger partial charge in [-0.2, -0.15) is 4.98 Å². The molecule has 0 atom stereocenters. The van der Waals surface area contributed by atoms with Gasteiger partial charge in [0.1, 0.15) is 11.6 Å². The van der Waals surface area contributed by atoms with Crippen molar-refractivity contribution in [2.24, 2.45) is 0 Å². The summed E-state index contributed by atoms with van der Waals surface area (Å²) >= 11 is 5.90. The number of rotatable bonds is 6. The highest BCUT2D eigenvalue weighted by atomic mass is 35.5. The number of aromatic nitrogens is 2. The molecule has 1 aliphatic rings. The SMILES string of the molecule is CCOc1cc(N(CCCl)C2CCC2)nc(C)n1. The first-order chi connectivity index (χ1) is 8.74. The molecule has 1 aromatic heterocycles. The lowest BCUT2D eigenvalue weighted by molar-refractivity contribution is 0.324. The minimum Gasteiger partial charge on any atom is -0.478 e. The maximum atomic E-state index is 5.90. The quantitative estimate of drug-likeness (QED) is 0.745. The molecular formula is C13H20ClN3O. The topological polar surface area (TPSA) is 38.2 Å². The molecule has 0 bridgehead atoms. The fourth-order valence-corrected chi connectivity index (χ4v) is 2.35. The Balaban J connectivity index is 2.22. The van der Waals surface area contributed by atoms with Crippen molar-refractivity contribution >= 4 is 17.4 Å². The molecule has 0 spiro atoms. The Morgan fingerprint density at radius 1 is 1.44 bits per heavy atom. The number of nitrogens with zero attached hydrogens (tertiary/aromatic N) is 3. The Morgan fingerprint density at radius 3 is 2.78 bits per heavy atom. The standard InChI is InChI=1S/C13H20ClN3O/c1-3-18-13-9-12(15-10(2)16-13)17(8-7-14)11-5-4-6-11/h9,11H,3-8H2,1-2H3. The van der Waals surface area contributed by atoms with Crippen molar-refractivity contribution < 1.29 is 4.74 Å². The molecular weight excluding hydrogens is 250 g/mol. The molecule has 0 unspecified atom stereocenters. The van der Waals surface area contributed by atoms with Gasteiger partial charge < -0.3 is 9.64 Å². The number of alkyl halides is 1. The third-order valence-electron chi connectivity index (χ3n) is 3.23. The van der Waals surface area contributed by atoms with Gasteiger partial charge in [-0.3, -0.25) is 0 Å². The van der Waals surface area contributed by atoms with Crippen LogP contribution < -0.4 is 9.64 Å². The molecule has 4 nitrogen and oxygen atoms in total. The largest absolute Gasteiger partial charge is 0.478 e. The normalized spacial score (nSPS) is 15.3. The lowest BCUT2D eigenvalue weighted by Crippen LogP contribution is -2.42. The molecule has 0 radical (unpaired) electrons. The van der Waals surface area contributed by atoms with E-state index in [1.165, 1.54) is 19.3 Å². The number of anilines is 1. The van der Waals surface area contributed by atoms with Crippen molar-refractivity contribution in [1.29, 1.82) is 0 Å². The molecule has 18 heavy (non-hydrogen) atoms. The molecule has 1 fully saturated rings. The molecule has 0 amide bonds. The fraction of sp³-hybridized carbons (Fsp3) is 0.692. The van der Waals surface area contributed by atoms with E-state index in [4.69, 9.17) is 16.3 Å². The van der Waals surface area contributed by atoms with Crippen LogP contribution in [0.4, 0.5) is 5.82 Å². The van der Waals surface area contributed by atoms with E-state index in [9.17, 15) is 0 Å². The zero-order valence-corrected chi connectivity index (χ0v) is 11.8. The van der Waals surface area contributed by atoms with Crippen LogP contribution in [-0.2, 0) is 0 Å². The van der Waals surface area contributed by atoms with Gasteiger partial charge in [0.2, 0.25) is 5.88 Å². The van der Waals surface area contributed by atoms with Crippen LogP contribution >= 0.6 is 11.6 Å². The van der Waals surface area contributed by atoms with Crippen molar-refractivity contribution in [3.05, 3.63) is 11.9 Å².